The second kappa shape index (κ2) is 3.70. The van der Waals surface area contributed by atoms with Crippen molar-refractivity contribution < 1.29 is 4.74 Å². The minimum atomic E-state index is -0.0212. The van der Waals surface area contributed by atoms with Crippen LogP contribution in [0.5, 0.6) is 5.75 Å². The van der Waals surface area contributed by atoms with E-state index in [0.717, 1.165) is 9.86 Å². The smallest absolute Gasteiger partial charge is 0.258 e. The standard InChI is InChI=1S/C11H10BrNO2/c1-13-6-10(12)8-4-3-7(15-2)5-9(8)11(13)14/h3-6H,1-2H3. The van der Waals surface area contributed by atoms with Gasteiger partial charge in [-0.15, -0.1) is 0 Å². The molecule has 0 saturated carbocycles. The molecule has 15 heavy (non-hydrogen) atoms. The van der Waals surface area contributed by atoms with Gasteiger partial charge in [0.1, 0.15) is 5.75 Å². The molecule has 0 aliphatic heterocycles. The van der Waals surface area contributed by atoms with E-state index in [4.69, 9.17) is 4.74 Å². The first-order chi connectivity index (χ1) is 7.13. The molecule has 2 rings (SSSR count). The van der Waals surface area contributed by atoms with Gasteiger partial charge < -0.3 is 9.30 Å². The second-order valence-electron chi connectivity index (χ2n) is 3.30. The molecular formula is C11H10BrNO2. The molecule has 0 radical (unpaired) electrons. The van der Waals surface area contributed by atoms with Gasteiger partial charge in [-0.05, 0) is 34.1 Å². The van der Waals surface area contributed by atoms with Gasteiger partial charge in [-0.1, -0.05) is 0 Å². The Kier molecular flexibility index (Phi) is 2.52. The summed E-state index contributed by atoms with van der Waals surface area (Å²) in [6.07, 6.45) is 1.76. The summed E-state index contributed by atoms with van der Waals surface area (Å²) in [5.41, 5.74) is -0.0212. The maximum absolute atomic E-state index is 11.8. The lowest BCUT2D eigenvalue weighted by Gasteiger charge is -2.06. The molecule has 0 aliphatic rings. The van der Waals surface area contributed by atoms with E-state index >= 15 is 0 Å². The zero-order chi connectivity index (χ0) is 11.0. The van der Waals surface area contributed by atoms with Gasteiger partial charge in [-0.25, -0.2) is 0 Å². The van der Waals surface area contributed by atoms with Crippen molar-refractivity contribution in [3.05, 3.63) is 39.2 Å². The second-order valence-corrected chi connectivity index (χ2v) is 4.16. The third-order valence-electron chi connectivity index (χ3n) is 2.34. The number of pyridine rings is 1. The molecule has 0 N–H and O–H groups in total. The van der Waals surface area contributed by atoms with Crippen LogP contribution in [0.4, 0.5) is 0 Å². The van der Waals surface area contributed by atoms with Crippen LogP contribution in [0.1, 0.15) is 0 Å². The van der Waals surface area contributed by atoms with Crippen LogP contribution in [-0.4, -0.2) is 11.7 Å². The molecule has 1 heterocycles. The molecule has 0 atom stereocenters. The van der Waals surface area contributed by atoms with Gasteiger partial charge in [0.25, 0.3) is 5.56 Å². The largest absolute Gasteiger partial charge is 0.497 e. The maximum atomic E-state index is 11.8. The normalized spacial score (nSPS) is 10.6. The minimum absolute atomic E-state index is 0.0212. The molecule has 0 spiro atoms. The lowest BCUT2D eigenvalue weighted by atomic mass is 10.1. The first-order valence-corrected chi connectivity index (χ1v) is 5.25. The molecule has 4 heteroatoms. The van der Waals surface area contributed by atoms with Gasteiger partial charge in [-0.3, -0.25) is 4.79 Å². The number of ether oxygens (including phenoxy) is 1. The number of nitrogens with zero attached hydrogens (tertiary/aromatic N) is 1. The van der Waals surface area contributed by atoms with Crippen LogP contribution in [-0.2, 0) is 7.05 Å². The Morgan fingerprint density at radius 2 is 2.07 bits per heavy atom. The van der Waals surface area contributed by atoms with Crippen molar-refractivity contribution in [2.45, 2.75) is 0 Å². The van der Waals surface area contributed by atoms with E-state index in [0.29, 0.717) is 11.1 Å². The van der Waals surface area contributed by atoms with E-state index in [2.05, 4.69) is 15.9 Å². The van der Waals surface area contributed by atoms with Gasteiger partial charge in [0.15, 0.2) is 0 Å². The Bertz CT molecular complexity index is 575. The number of halogens is 1. The summed E-state index contributed by atoms with van der Waals surface area (Å²) in [5, 5.41) is 1.56. The lowest BCUT2D eigenvalue weighted by molar-refractivity contribution is 0.415. The average Bonchev–Trinajstić information content (AvgIpc) is 2.25. The number of aromatic nitrogens is 1. The van der Waals surface area contributed by atoms with Crippen molar-refractivity contribution >= 4 is 26.7 Å². The lowest BCUT2D eigenvalue weighted by Crippen LogP contribution is -2.16. The molecule has 0 saturated heterocycles. The molecule has 0 fully saturated rings. The zero-order valence-electron chi connectivity index (χ0n) is 8.45. The third kappa shape index (κ3) is 1.65. The van der Waals surface area contributed by atoms with Gasteiger partial charge in [0, 0.05) is 23.1 Å². The summed E-state index contributed by atoms with van der Waals surface area (Å²) in [6, 6.07) is 5.47. The van der Waals surface area contributed by atoms with Crippen LogP contribution in [0.2, 0.25) is 0 Å². The SMILES string of the molecule is COc1ccc2c(Br)cn(C)c(=O)c2c1. The van der Waals surface area contributed by atoms with Gasteiger partial charge in [0.05, 0.1) is 12.5 Å². The monoisotopic (exact) mass is 267 g/mol. The highest BCUT2D eigenvalue weighted by molar-refractivity contribution is 9.10. The number of fused-ring (bicyclic) bond motifs is 1. The van der Waals surface area contributed by atoms with Crippen molar-refractivity contribution in [1.29, 1.82) is 0 Å². The Balaban J connectivity index is 2.91. The Morgan fingerprint density at radius 1 is 1.33 bits per heavy atom. The van der Waals surface area contributed by atoms with Crippen LogP contribution >= 0.6 is 15.9 Å². The summed E-state index contributed by atoms with van der Waals surface area (Å²) in [5.74, 6) is 0.692. The molecule has 78 valence electrons. The number of aryl methyl sites for hydroxylation is 1. The van der Waals surface area contributed by atoms with Crippen LogP contribution in [0, 0.1) is 0 Å². The van der Waals surface area contributed by atoms with Crippen molar-refractivity contribution in [1.82, 2.24) is 4.57 Å². The van der Waals surface area contributed by atoms with Crippen LogP contribution in [0.3, 0.4) is 0 Å². The summed E-state index contributed by atoms with van der Waals surface area (Å²) in [7, 11) is 3.32. The van der Waals surface area contributed by atoms with E-state index in [9.17, 15) is 4.79 Å². The topological polar surface area (TPSA) is 31.2 Å². The zero-order valence-corrected chi connectivity index (χ0v) is 10.0. The quantitative estimate of drug-likeness (QED) is 0.794. The molecule has 2 aromatic rings. The van der Waals surface area contributed by atoms with Crippen molar-refractivity contribution in [2.24, 2.45) is 7.05 Å². The first-order valence-electron chi connectivity index (χ1n) is 4.46. The summed E-state index contributed by atoms with van der Waals surface area (Å²) in [6.45, 7) is 0. The van der Waals surface area contributed by atoms with E-state index in [1.165, 1.54) is 0 Å². The number of hydrogen-bond donors (Lipinski definition) is 0. The number of benzene rings is 1. The third-order valence-corrected chi connectivity index (χ3v) is 2.97. The van der Waals surface area contributed by atoms with E-state index < -0.39 is 0 Å². The maximum Gasteiger partial charge on any atom is 0.258 e. The van der Waals surface area contributed by atoms with E-state index in [1.54, 1.807) is 31.0 Å². The fraction of sp³-hybridized carbons (Fsp3) is 0.182. The molecule has 1 aromatic heterocycles. The summed E-state index contributed by atoms with van der Waals surface area (Å²) in [4.78, 5) is 11.8. The Hall–Kier alpha value is -1.29. The van der Waals surface area contributed by atoms with Gasteiger partial charge in [0.2, 0.25) is 0 Å². The van der Waals surface area contributed by atoms with Crippen LogP contribution < -0.4 is 10.3 Å². The summed E-state index contributed by atoms with van der Waals surface area (Å²) < 4.78 is 7.55. The van der Waals surface area contributed by atoms with E-state index in [1.807, 2.05) is 12.1 Å². The van der Waals surface area contributed by atoms with Crippen LogP contribution in [0.25, 0.3) is 10.8 Å². The minimum Gasteiger partial charge on any atom is -0.497 e. The Labute approximate surface area is 95.4 Å². The highest BCUT2D eigenvalue weighted by Gasteiger charge is 2.05. The molecule has 1 aromatic carbocycles. The number of rotatable bonds is 1. The fourth-order valence-electron chi connectivity index (χ4n) is 1.52. The molecule has 3 nitrogen and oxygen atoms in total. The van der Waals surface area contributed by atoms with Gasteiger partial charge in [-0.2, -0.15) is 0 Å². The van der Waals surface area contributed by atoms with Crippen molar-refractivity contribution in [3.8, 4) is 5.75 Å². The van der Waals surface area contributed by atoms with Crippen LogP contribution in [0.15, 0.2) is 33.7 Å². The first kappa shape index (κ1) is 10.2. The van der Waals surface area contributed by atoms with Gasteiger partial charge >= 0.3 is 0 Å². The molecular weight excluding hydrogens is 258 g/mol. The van der Waals surface area contributed by atoms with Crippen molar-refractivity contribution in [3.63, 3.8) is 0 Å². The van der Waals surface area contributed by atoms with E-state index in [-0.39, 0.29) is 5.56 Å². The predicted octanol–water partition coefficient (Wildman–Crippen LogP) is 2.31. The highest BCUT2D eigenvalue weighted by atomic mass is 79.9. The molecule has 0 unspecified atom stereocenters. The Morgan fingerprint density at radius 3 is 2.73 bits per heavy atom. The molecule has 0 aliphatic carbocycles. The number of hydrogen-bond acceptors (Lipinski definition) is 2. The highest BCUT2D eigenvalue weighted by Crippen LogP contribution is 2.24. The number of methoxy groups -OCH3 is 1. The molecule has 0 amide bonds. The average molecular weight is 268 g/mol. The fourth-order valence-corrected chi connectivity index (χ4v) is 2.18. The van der Waals surface area contributed by atoms with Crippen molar-refractivity contribution in [2.75, 3.05) is 7.11 Å². The molecule has 0 bridgehead atoms. The summed E-state index contributed by atoms with van der Waals surface area (Å²) >= 11 is 3.43. The predicted molar refractivity (Wildman–Crippen MR) is 63.4 cm³/mol.